The van der Waals surface area contributed by atoms with Crippen LogP contribution in [0.5, 0.6) is 0 Å². The van der Waals surface area contributed by atoms with Gasteiger partial charge in [0, 0.05) is 0 Å². The van der Waals surface area contributed by atoms with E-state index >= 15 is 0 Å². The van der Waals surface area contributed by atoms with Crippen LogP contribution in [0.4, 0.5) is 4.39 Å². The van der Waals surface area contributed by atoms with E-state index in [4.69, 9.17) is 0 Å². The normalized spacial score (nSPS) is 33.6. The van der Waals surface area contributed by atoms with E-state index in [-0.39, 0.29) is 5.82 Å². The summed E-state index contributed by atoms with van der Waals surface area (Å²) in [6, 6.07) is 2.97. The maximum absolute atomic E-state index is 12.9. The van der Waals surface area contributed by atoms with Crippen LogP contribution in [0.3, 0.4) is 0 Å². The molecule has 4 atom stereocenters. The van der Waals surface area contributed by atoms with Crippen LogP contribution < -0.4 is 0 Å². The molecule has 98 valence electrons. The Balaban J connectivity index is 1.72. The smallest absolute Gasteiger partial charge is 0.141 e. The number of aliphatic hydroxyl groups is 1. The first-order chi connectivity index (χ1) is 8.54. The first-order valence-corrected chi connectivity index (χ1v) is 6.89. The van der Waals surface area contributed by atoms with Crippen molar-refractivity contribution in [3.8, 4) is 0 Å². The summed E-state index contributed by atoms with van der Waals surface area (Å²) in [4.78, 5) is 4.03. The first kappa shape index (κ1) is 12.1. The predicted molar refractivity (Wildman–Crippen MR) is 67.3 cm³/mol. The van der Waals surface area contributed by atoms with Crippen molar-refractivity contribution in [2.45, 2.75) is 44.6 Å². The summed E-state index contributed by atoms with van der Waals surface area (Å²) >= 11 is 0. The van der Waals surface area contributed by atoms with E-state index in [0.717, 1.165) is 18.3 Å². The van der Waals surface area contributed by atoms with Crippen LogP contribution in [0.25, 0.3) is 0 Å². The standard InChI is InChI=1S/C15H20FNO/c1-15(18,14-5-4-13(16)9-17-14)8-12-7-10-2-3-11(12)6-10/h4-5,9-12,18H,2-3,6-8H2,1H3. The zero-order chi connectivity index (χ0) is 12.8. The average Bonchev–Trinajstić information content (AvgIpc) is 2.91. The van der Waals surface area contributed by atoms with Crippen LogP contribution in [-0.4, -0.2) is 10.1 Å². The van der Waals surface area contributed by atoms with Gasteiger partial charge in [-0.3, -0.25) is 4.98 Å². The Morgan fingerprint density at radius 3 is 2.78 bits per heavy atom. The maximum atomic E-state index is 12.9. The molecule has 2 fully saturated rings. The zero-order valence-corrected chi connectivity index (χ0v) is 10.8. The van der Waals surface area contributed by atoms with Crippen molar-refractivity contribution < 1.29 is 9.50 Å². The summed E-state index contributed by atoms with van der Waals surface area (Å²) in [5.41, 5.74) is -0.338. The van der Waals surface area contributed by atoms with Gasteiger partial charge in [0.05, 0.1) is 11.9 Å². The summed E-state index contributed by atoms with van der Waals surface area (Å²) < 4.78 is 12.9. The number of hydrogen-bond acceptors (Lipinski definition) is 2. The molecule has 3 rings (SSSR count). The molecule has 2 aliphatic carbocycles. The molecule has 1 aromatic heterocycles. The second-order valence-corrected chi connectivity index (χ2v) is 6.27. The first-order valence-electron chi connectivity index (χ1n) is 6.89. The number of nitrogens with zero attached hydrogens (tertiary/aromatic N) is 1. The Labute approximate surface area is 107 Å². The van der Waals surface area contributed by atoms with Crippen LogP contribution >= 0.6 is 0 Å². The van der Waals surface area contributed by atoms with E-state index in [9.17, 15) is 9.50 Å². The lowest BCUT2D eigenvalue weighted by Gasteiger charge is -2.30. The van der Waals surface area contributed by atoms with Crippen molar-refractivity contribution >= 4 is 0 Å². The highest BCUT2D eigenvalue weighted by atomic mass is 19.1. The molecule has 1 aromatic rings. The fourth-order valence-corrected chi connectivity index (χ4v) is 3.94. The highest BCUT2D eigenvalue weighted by molar-refractivity contribution is 5.13. The molecule has 0 aromatic carbocycles. The second-order valence-electron chi connectivity index (χ2n) is 6.27. The van der Waals surface area contributed by atoms with Crippen LogP contribution in [0.1, 0.15) is 44.7 Å². The Morgan fingerprint density at radius 1 is 1.39 bits per heavy atom. The predicted octanol–water partition coefficient (Wildman–Crippen LogP) is 3.25. The van der Waals surface area contributed by atoms with Gasteiger partial charge in [0.25, 0.3) is 0 Å². The average molecular weight is 249 g/mol. The van der Waals surface area contributed by atoms with Crippen LogP contribution in [0.2, 0.25) is 0 Å². The molecular weight excluding hydrogens is 229 g/mol. The molecule has 2 nitrogen and oxygen atoms in total. The van der Waals surface area contributed by atoms with Gasteiger partial charge in [0.2, 0.25) is 0 Å². The number of halogens is 1. The molecule has 1 heterocycles. The van der Waals surface area contributed by atoms with E-state index in [0.29, 0.717) is 11.6 Å². The van der Waals surface area contributed by atoms with Gasteiger partial charge in [0.15, 0.2) is 0 Å². The zero-order valence-electron chi connectivity index (χ0n) is 10.8. The lowest BCUT2D eigenvalue weighted by atomic mass is 9.80. The number of pyridine rings is 1. The van der Waals surface area contributed by atoms with E-state index in [2.05, 4.69) is 4.98 Å². The van der Waals surface area contributed by atoms with Crippen LogP contribution in [0.15, 0.2) is 18.3 Å². The third-order valence-corrected chi connectivity index (χ3v) is 4.82. The molecule has 0 radical (unpaired) electrons. The topological polar surface area (TPSA) is 33.1 Å². The van der Waals surface area contributed by atoms with Gasteiger partial charge in [-0.15, -0.1) is 0 Å². The van der Waals surface area contributed by atoms with Crippen molar-refractivity contribution in [1.29, 1.82) is 0 Å². The Hall–Kier alpha value is -0.960. The third-order valence-electron chi connectivity index (χ3n) is 4.82. The molecule has 18 heavy (non-hydrogen) atoms. The van der Waals surface area contributed by atoms with Gasteiger partial charge < -0.3 is 5.11 Å². The Morgan fingerprint density at radius 2 is 2.22 bits per heavy atom. The highest BCUT2D eigenvalue weighted by Crippen LogP contribution is 2.51. The Bertz CT molecular complexity index is 429. The SMILES string of the molecule is CC(O)(CC1CC2CCC1C2)c1ccc(F)cn1. The van der Waals surface area contributed by atoms with Gasteiger partial charge in [-0.05, 0) is 62.5 Å². The number of hydrogen-bond donors (Lipinski definition) is 1. The molecule has 2 saturated carbocycles. The van der Waals surface area contributed by atoms with E-state index in [1.54, 1.807) is 13.0 Å². The molecule has 2 aliphatic rings. The van der Waals surface area contributed by atoms with Crippen LogP contribution in [-0.2, 0) is 5.60 Å². The van der Waals surface area contributed by atoms with Crippen LogP contribution in [0, 0.1) is 23.6 Å². The molecule has 2 bridgehead atoms. The number of fused-ring (bicyclic) bond motifs is 2. The monoisotopic (exact) mass is 249 g/mol. The van der Waals surface area contributed by atoms with Gasteiger partial charge in [-0.1, -0.05) is 6.42 Å². The summed E-state index contributed by atoms with van der Waals surface area (Å²) in [6.07, 6.45) is 7.23. The number of rotatable bonds is 3. The lowest BCUT2D eigenvalue weighted by molar-refractivity contribution is 0.0164. The van der Waals surface area contributed by atoms with Gasteiger partial charge in [-0.25, -0.2) is 4.39 Å². The van der Waals surface area contributed by atoms with Crippen molar-refractivity contribution in [3.05, 3.63) is 29.8 Å². The minimum atomic E-state index is -0.928. The van der Waals surface area contributed by atoms with Crippen molar-refractivity contribution in [1.82, 2.24) is 4.98 Å². The molecule has 0 spiro atoms. The summed E-state index contributed by atoms with van der Waals surface area (Å²) in [6.45, 7) is 1.80. The molecule has 0 amide bonds. The minimum Gasteiger partial charge on any atom is -0.384 e. The summed E-state index contributed by atoms with van der Waals surface area (Å²) in [5.74, 6) is 1.94. The molecule has 4 unspecified atom stereocenters. The summed E-state index contributed by atoms with van der Waals surface area (Å²) in [7, 11) is 0. The van der Waals surface area contributed by atoms with E-state index < -0.39 is 5.60 Å². The van der Waals surface area contributed by atoms with Crippen molar-refractivity contribution in [2.75, 3.05) is 0 Å². The van der Waals surface area contributed by atoms with Crippen molar-refractivity contribution in [3.63, 3.8) is 0 Å². The second kappa shape index (κ2) is 4.30. The number of aromatic nitrogens is 1. The maximum Gasteiger partial charge on any atom is 0.141 e. The van der Waals surface area contributed by atoms with E-state index in [1.807, 2.05) is 0 Å². The fourth-order valence-electron chi connectivity index (χ4n) is 3.94. The quantitative estimate of drug-likeness (QED) is 0.892. The molecule has 3 heteroatoms. The van der Waals surface area contributed by atoms with Gasteiger partial charge in [-0.2, -0.15) is 0 Å². The van der Waals surface area contributed by atoms with Crippen molar-refractivity contribution in [2.24, 2.45) is 17.8 Å². The largest absolute Gasteiger partial charge is 0.384 e. The summed E-state index contributed by atoms with van der Waals surface area (Å²) in [5, 5.41) is 10.6. The fraction of sp³-hybridized carbons (Fsp3) is 0.667. The van der Waals surface area contributed by atoms with Gasteiger partial charge >= 0.3 is 0 Å². The van der Waals surface area contributed by atoms with E-state index in [1.165, 1.54) is 37.9 Å². The minimum absolute atomic E-state index is 0.352. The molecule has 0 aliphatic heterocycles. The lowest BCUT2D eigenvalue weighted by Crippen LogP contribution is -2.28. The highest BCUT2D eigenvalue weighted by Gasteiger charge is 2.42. The van der Waals surface area contributed by atoms with Gasteiger partial charge in [0.1, 0.15) is 11.4 Å². The Kier molecular flexibility index (Phi) is 2.89. The third kappa shape index (κ3) is 2.16. The molecule has 1 N–H and O–H groups in total. The molecular formula is C15H20FNO. The molecule has 0 saturated heterocycles.